The Bertz CT molecular complexity index is 1030. The van der Waals surface area contributed by atoms with Gasteiger partial charge >= 0.3 is 0 Å². The van der Waals surface area contributed by atoms with Crippen LogP contribution >= 0.6 is 0 Å². The van der Waals surface area contributed by atoms with E-state index in [2.05, 4.69) is 10.6 Å². The molecule has 0 aliphatic carbocycles. The van der Waals surface area contributed by atoms with Gasteiger partial charge in [0.25, 0.3) is 5.91 Å². The van der Waals surface area contributed by atoms with Gasteiger partial charge in [0.15, 0.2) is 0 Å². The van der Waals surface area contributed by atoms with E-state index < -0.39 is 0 Å². The van der Waals surface area contributed by atoms with Crippen LogP contribution in [0.5, 0.6) is 5.75 Å². The predicted molar refractivity (Wildman–Crippen MR) is 120 cm³/mol. The van der Waals surface area contributed by atoms with Gasteiger partial charge in [0.05, 0.1) is 18.2 Å². The first-order valence-electron chi connectivity index (χ1n) is 9.99. The fourth-order valence-corrected chi connectivity index (χ4v) is 3.08. The molecular formula is C25H26N2O3. The number of benzene rings is 3. The molecule has 0 radical (unpaired) electrons. The van der Waals surface area contributed by atoms with E-state index in [0.717, 1.165) is 11.1 Å². The predicted octanol–water partition coefficient (Wildman–Crippen LogP) is 5.39. The minimum Gasteiger partial charge on any atom is -0.492 e. The molecule has 5 nitrogen and oxygen atoms in total. The summed E-state index contributed by atoms with van der Waals surface area (Å²) in [6.07, 6.45) is 0. The van der Waals surface area contributed by atoms with Gasteiger partial charge in [0.2, 0.25) is 5.91 Å². The first-order chi connectivity index (χ1) is 14.5. The molecule has 3 aromatic rings. The van der Waals surface area contributed by atoms with Crippen molar-refractivity contribution in [3.05, 3.63) is 89.5 Å². The topological polar surface area (TPSA) is 67.4 Å². The van der Waals surface area contributed by atoms with E-state index in [1.165, 1.54) is 0 Å². The van der Waals surface area contributed by atoms with E-state index in [4.69, 9.17) is 4.74 Å². The summed E-state index contributed by atoms with van der Waals surface area (Å²) in [4.78, 5) is 25.5. The lowest BCUT2D eigenvalue weighted by atomic mass is 10.00. The molecule has 2 N–H and O–H groups in total. The number of anilines is 2. The van der Waals surface area contributed by atoms with E-state index >= 15 is 0 Å². The monoisotopic (exact) mass is 402 g/mol. The Balaban J connectivity index is 1.76. The maximum atomic E-state index is 12.8. The van der Waals surface area contributed by atoms with E-state index in [1.807, 2.05) is 75.4 Å². The third-order valence-electron chi connectivity index (χ3n) is 4.89. The molecular weight excluding hydrogens is 376 g/mol. The van der Waals surface area contributed by atoms with Crippen molar-refractivity contribution in [3.63, 3.8) is 0 Å². The average Bonchev–Trinajstić information content (AvgIpc) is 2.76. The number of carbonyl (C=O) groups excluding carboxylic acids is 2. The third kappa shape index (κ3) is 5.06. The van der Waals surface area contributed by atoms with Crippen LogP contribution < -0.4 is 15.4 Å². The minimum absolute atomic E-state index is 0.122. The molecule has 0 aromatic heterocycles. The van der Waals surface area contributed by atoms with Crippen molar-refractivity contribution in [2.45, 2.75) is 26.7 Å². The second-order valence-electron chi connectivity index (χ2n) is 7.03. The zero-order valence-electron chi connectivity index (χ0n) is 17.4. The number of rotatable bonds is 7. The summed E-state index contributed by atoms with van der Waals surface area (Å²) in [6, 6.07) is 22.2. The van der Waals surface area contributed by atoms with Crippen LogP contribution in [-0.2, 0) is 4.79 Å². The van der Waals surface area contributed by atoms with Crippen molar-refractivity contribution >= 4 is 23.2 Å². The lowest BCUT2D eigenvalue weighted by Crippen LogP contribution is -2.20. The van der Waals surface area contributed by atoms with Gasteiger partial charge in [-0.15, -0.1) is 0 Å². The Morgan fingerprint density at radius 3 is 2.33 bits per heavy atom. The molecule has 0 saturated heterocycles. The summed E-state index contributed by atoms with van der Waals surface area (Å²) in [7, 11) is 0. The maximum absolute atomic E-state index is 12.8. The molecule has 0 heterocycles. The van der Waals surface area contributed by atoms with E-state index in [1.54, 1.807) is 18.2 Å². The second-order valence-corrected chi connectivity index (χ2v) is 7.03. The highest BCUT2D eigenvalue weighted by Crippen LogP contribution is 2.26. The summed E-state index contributed by atoms with van der Waals surface area (Å²) >= 11 is 0. The van der Waals surface area contributed by atoms with Gasteiger partial charge in [-0.25, -0.2) is 0 Å². The van der Waals surface area contributed by atoms with Crippen molar-refractivity contribution in [3.8, 4) is 5.75 Å². The van der Waals surface area contributed by atoms with Crippen LogP contribution in [-0.4, -0.2) is 18.4 Å². The average molecular weight is 402 g/mol. The molecule has 154 valence electrons. The van der Waals surface area contributed by atoms with Gasteiger partial charge in [-0.1, -0.05) is 48.5 Å². The Kier molecular flexibility index (Phi) is 6.86. The quantitative estimate of drug-likeness (QED) is 0.557. The zero-order chi connectivity index (χ0) is 21.5. The maximum Gasteiger partial charge on any atom is 0.255 e. The Morgan fingerprint density at radius 2 is 1.60 bits per heavy atom. The highest BCUT2D eigenvalue weighted by Gasteiger charge is 2.17. The molecule has 3 rings (SSSR count). The van der Waals surface area contributed by atoms with Crippen LogP contribution in [0, 0.1) is 6.92 Å². The first-order valence-corrected chi connectivity index (χ1v) is 9.99. The first kappa shape index (κ1) is 21.1. The van der Waals surface area contributed by atoms with Crippen molar-refractivity contribution < 1.29 is 14.3 Å². The van der Waals surface area contributed by atoms with Crippen LogP contribution in [0.25, 0.3) is 0 Å². The molecule has 2 amide bonds. The summed E-state index contributed by atoms with van der Waals surface area (Å²) in [5.74, 6) is -0.0795. The normalized spacial score (nSPS) is 11.4. The highest BCUT2D eigenvalue weighted by atomic mass is 16.5. The van der Waals surface area contributed by atoms with Crippen LogP contribution in [0.3, 0.4) is 0 Å². The standard InChI is InChI=1S/C25H26N2O3/c1-4-30-23-13-9-8-12-21(23)26-25(29)20-15-14-17(2)22(16-20)27-24(28)18(3)19-10-6-5-7-11-19/h5-16,18H,4H2,1-3H3,(H,26,29)(H,27,28). The number of para-hydroxylation sites is 2. The smallest absolute Gasteiger partial charge is 0.255 e. The molecule has 0 spiro atoms. The van der Waals surface area contributed by atoms with Crippen LogP contribution in [0.1, 0.15) is 41.3 Å². The number of ether oxygens (including phenoxy) is 1. The summed E-state index contributed by atoms with van der Waals surface area (Å²) in [5, 5.41) is 5.84. The molecule has 30 heavy (non-hydrogen) atoms. The fraction of sp³-hybridized carbons (Fsp3) is 0.200. The lowest BCUT2D eigenvalue weighted by molar-refractivity contribution is -0.117. The van der Waals surface area contributed by atoms with Crippen molar-refractivity contribution in [2.75, 3.05) is 17.2 Å². The minimum atomic E-state index is -0.304. The fourth-order valence-electron chi connectivity index (χ4n) is 3.08. The summed E-state index contributed by atoms with van der Waals surface area (Å²) < 4.78 is 5.57. The molecule has 0 bridgehead atoms. The van der Waals surface area contributed by atoms with Crippen molar-refractivity contribution in [1.82, 2.24) is 0 Å². The molecule has 0 fully saturated rings. The van der Waals surface area contributed by atoms with E-state index in [0.29, 0.717) is 29.3 Å². The summed E-state index contributed by atoms with van der Waals surface area (Å²) in [5.41, 5.74) is 3.50. The highest BCUT2D eigenvalue weighted by molar-refractivity contribution is 6.06. The van der Waals surface area contributed by atoms with Gasteiger partial charge < -0.3 is 15.4 Å². The van der Waals surface area contributed by atoms with Crippen molar-refractivity contribution in [1.29, 1.82) is 0 Å². The molecule has 0 aliphatic heterocycles. The van der Waals surface area contributed by atoms with Crippen LogP contribution in [0.2, 0.25) is 0 Å². The van der Waals surface area contributed by atoms with E-state index in [-0.39, 0.29) is 17.7 Å². The van der Waals surface area contributed by atoms with Crippen LogP contribution in [0.4, 0.5) is 11.4 Å². The number of carbonyl (C=O) groups is 2. The largest absolute Gasteiger partial charge is 0.492 e. The number of nitrogens with one attached hydrogen (secondary N) is 2. The van der Waals surface area contributed by atoms with Gasteiger partial charge in [-0.3, -0.25) is 9.59 Å². The zero-order valence-corrected chi connectivity index (χ0v) is 17.4. The van der Waals surface area contributed by atoms with Gasteiger partial charge in [-0.05, 0) is 56.2 Å². The molecule has 3 aromatic carbocycles. The second kappa shape index (κ2) is 9.74. The van der Waals surface area contributed by atoms with Gasteiger partial charge in [-0.2, -0.15) is 0 Å². The Labute approximate surface area is 177 Å². The number of aryl methyl sites for hydroxylation is 1. The third-order valence-corrected chi connectivity index (χ3v) is 4.89. The van der Waals surface area contributed by atoms with Crippen LogP contribution in [0.15, 0.2) is 72.8 Å². The molecule has 1 atom stereocenters. The molecule has 5 heteroatoms. The summed E-state index contributed by atoms with van der Waals surface area (Å²) in [6.45, 7) is 6.16. The molecule has 0 aliphatic rings. The number of amides is 2. The van der Waals surface area contributed by atoms with E-state index in [9.17, 15) is 9.59 Å². The molecule has 0 saturated carbocycles. The SMILES string of the molecule is CCOc1ccccc1NC(=O)c1ccc(C)c(NC(=O)C(C)c2ccccc2)c1. The Morgan fingerprint density at radius 1 is 0.900 bits per heavy atom. The van der Waals surface area contributed by atoms with Crippen molar-refractivity contribution in [2.24, 2.45) is 0 Å². The lowest BCUT2D eigenvalue weighted by Gasteiger charge is -2.15. The number of hydrogen-bond donors (Lipinski definition) is 2. The number of hydrogen-bond acceptors (Lipinski definition) is 3. The molecule has 1 unspecified atom stereocenters. The van der Waals surface area contributed by atoms with Gasteiger partial charge in [0.1, 0.15) is 5.75 Å². The van der Waals surface area contributed by atoms with Gasteiger partial charge in [0, 0.05) is 11.3 Å². The Hall–Kier alpha value is -3.60.